The molecule has 0 aliphatic carbocycles. The van der Waals surface area contributed by atoms with Crippen LogP contribution in [0.4, 0.5) is 10.1 Å². The van der Waals surface area contributed by atoms with E-state index in [0.717, 1.165) is 29.1 Å². The second-order valence-electron chi connectivity index (χ2n) is 6.38. The minimum Gasteiger partial charge on any atom is -0.385 e. The highest BCUT2D eigenvalue weighted by Crippen LogP contribution is 2.29. The largest absolute Gasteiger partial charge is 0.385 e. The maximum Gasteiger partial charge on any atom is 0.239 e. The third-order valence-electron chi connectivity index (χ3n) is 4.38. The number of benzene rings is 1. The highest BCUT2D eigenvalue weighted by Gasteiger charge is 2.28. The standard InChI is InChI=1S/C19H23FN4O2S/c1-13-18(21-19-23(9-4-10-26-3)17(25)12-27-19)14(2)24(22-13)11-15-5-7-16(20)8-6-15/h5-8H,4,9-12H2,1-3H3. The number of halogens is 1. The van der Waals surface area contributed by atoms with Gasteiger partial charge in [-0.25, -0.2) is 9.38 Å². The van der Waals surface area contributed by atoms with Gasteiger partial charge in [0, 0.05) is 20.3 Å². The molecule has 1 aliphatic heterocycles. The minimum atomic E-state index is -0.254. The number of carbonyl (C=O) groups is 1. The summed E-state index contributed by atoms with van der Waals surface area (Å²) in [6.07, 6.45) is 0.767. The van der Waals surface area contributed by atoms with E-state index in [9.17, 15) is 9.18 Å². The smallest absolute Gasteiger partial charge is 0.239 e. The number of hydrogen-bond donors (Lipinski definition) is 0. The Hall–Kier alpha value is -2.19. The van der Waals surface area contributed by atoms with Gasteiger partial charge in [0.15, 0.2) is 5.17 Å². The van der Waals surface area contributed by atoms with Crippen molar-refractivity contribution in [3.63, 3.8) is 0 Å². The number of aryl methyl sites for hydroxylation is 1. The number of amidine groups is 1. The number of aliphatic imine (C=N–C) groups is 1. The topological polar surface area (TPSA) is 59.7 Å². The first-order chi connectivity index (χ1) is 13.0. The number of nitrogens with zero attached hydrogens (tertiary/aromatic N) is 4. The number of thioether (sulfide) groups is 1. The molecule has 1 aromatic carbocycles. The number of hydrogen-bond acceptors (Lipinski definition) is 5. The number of rotatable bonds is 7. The van der Waals surface area contributed by atoms with Crippen LogP contribution in [0.15, 0.2) is 29.3 Å². The van der Waals surface area contributed by atoms with E-state index in [2.05, 4.69) is 5.10 Å². The molecule has 27 heavy (non-hydrogen) atoms. The summed E-state index contributed by atoms with van der Waals surface area (Å²) in [5.74, 6) is 0.229. The van der Waals surface area contributed by atoms with Crippen molar-refractivity contribution in [3.05, 3.63) is 47.0 Å². The molecule has 0 saturated carbocycles. The molecule has 0 atom stereocenters. The lowest BCUT2D eigenvalue weighted by Crippen LogP contribution is -2.31. The number of carbonyl (C=O) groups excluding carboxylic acids is 1. The molecule has 0 N–H and O–H groups in total. The fraction of sp³-hybridized carbons (Fsp3) is 0.421. The molecule has 1 amide bonds. The molecule has 0 radical (unpaired) electrons. The van der Waals surface area contributed by atoms with Crippen LogP contribution in [-0.4, -0.2) is 51.8 Å². The van der Waals surface area contributed by atoms with Crippen molar-refractivity contribution < 1.29 is 13.9 Å². The first-order valence-electron chi connectivity index (χ1n) is 8.79. The third-order valence-corrected chi connectivity index (χ3v) is 5.34. The van der Waals surface area contributed by atoms with Crippen molar-refractivity contribution in [2.24, 2.45) is 4.99 Å². The molecule has 2 aromatic rings. The summed E-state index contributed by atoms with van der Waals surface area (Å²) in [6.45, 7) is 5.61. The van der Waals surface area contributed by atoms with Gasteiger partial charge in [-0.2, -0.15) is 5.10 Å². The lowest BCUT2D eigenvalue weighted by molar-refractivity contribution is -0.124. The highest BCUT2D eigenvalue weighted by atomic mass is 32.2. The highest BCUT2D eigenvalue weighted by molar-refractivity contribution is 8.15. The Morgan fingerprint density at radius 3 is 2.74 bits per heavy atom. The van der Waals surface area contributed by atoms with Gasteiger partial charge in [0.1, 0.15) is 11.5 Å². The zero-order chi connectivity index (χ0) is 19.4. The quantitative estimate of drug-likeness (QED) is 0.681. The lowest BCUT2D eigenvalue weighted by Gasteiger charge is -2.15. The van der Waals surface area contributed by atoms with Crippen LogP contribution in [0, 0.1) is 19.7 Å². The van der Waals surface area contributed by atoms with Crippen LogP contribution in [0.25, 0.3) is 0 Å². The van der Waals surface area contributed by atoms with Gasteiger partial charge in [-0.3, -0.25) is 14.4 Å². The summed E-state index contributed by atoms with van der Waals surface area (Å²) < 4.78 is 20.0. The van der Waals surface area contributed by atoms with E-state index in [1.165, 1.54) is 23.9 Å². The molecule has 1 aliphatic rings. The molecule has 0 bridgehead atoms. The van der Waals surface area contributed by atoms with Crippen molar-refractivity contribution in [2.75, 3.05) is 26.0 Å². The molecule has 1 saturated heterocycles. The summed E-state index contributed by atoms with van der Waals surface area (Å²) in [6, 6.07) is 6.39. The van der Waals surface area contributed by atoms with Gasteiger partial charge in [0.25, 0.3) is 0 Å². The van der Waals surface area contributed by atoms with E-state index in [1.54, 1.807) is 24.1 Å². The van der Waals surface area contributed by atoms with Gasteiger partial charge in [0.2, 0.25) is 5.91 Å². The van der Waals surface area contributed by atoms with E-state index in [4.69, 9.17) is 9.73 Å². The summed E-state index contributed by atoms with van der Waals surface area (Å²) in [4.78, 5) is 18.6. The maximum absolute atomic E-state index is 13.1. The second kappa shape index (κ2) is 8.67. The molecule has 6 nitrogen and oxygen atoms in total. The first-order valence-corrected chi connectivity index (χ1v) is 9.77. The third kappa shape index (κ3) is 4.56. The van der Waals surface area contributed by atoms with E-state index in [1.807, 2.05) is 18.5 Å². The SMILES string of the molecule is COCCCN1C(=O)CSC1=Nc1c(C)nn(Cc2ccc(F)cc2)c1C. The molecule has 0 unspecified atom stereocenters. The molecular weight excluding hydrogens is 367 g/mol. The average Bonchev–Trinajstić information content (AvgIpc) is 3.12. The fourth-order valence-electron chi connectivity index (χ4n) is 2.93. The number of aromatic nitrogens is 2. The van der Waals surface area contributed by atoms with E-state index >= 15 is 0 Å². The van der Waals surface area contributed by atoms with E-state index in [-0.39, 0.29) is 11.7 Å². The number of methoxy groups -OCH3 is 1. The van der Waals surface area contributed by atoms with Crippen LogP contribution in [0.1, 0.15) is 23.4 Å². The molecule has 0 spiro atoms. The molecule has 1 fully saturated rings. The Balaban J connectivity index is 1.82. The Morgan fingerprint density at radius 2 is 2.04 bits per heavy atom. The Labute approximate surface area is 162 Å². The first kappa shape index (κ1) is 19.6. The Bertz CT molecular complexity index is 848. The van der Waals surface area contributed by atoms with Crippen LogP contribution in [0.5, 0.6) is 0 Å². The van der Waals surface area contributed by atoms with Gasteiger partial charge in [-0.15, -0.1) is 0 Å². The molecule has 1 aromatic heterocycles. The van der Waals surface area contributed by atoms with Gasteiger partial charge in [0.05, 0.1) is 23.7 Å². The summed E-state index contributed by atoms with van der Waals surface area (Å²) in [5.41, 5.74) is 3.47. The summed E-state index contributed by atoms with van der Waals surface area (Å²) in [7, 11) is 1.65. The summed E-state index contributed by atoms with van der Waals surface area (Å²) >= 11 is 1.45. The van der Waals surface area contributed by atoms with Crippen molar-refractivity contribution in [3.8, 4) is 0 Å². The minimum absolute atomic E-state index is 0.0730. The van der Waals surface area contributed by atoms with Gasteiger partial charge < -0.3 is 4.74 Å². The van der Waals surface area contributed by atoms with E-state index in [0.29, 0.717) is 30.6 Å². The van der Waals surface area contributed by atoms with Crippen LogP contribution in [0.2, 0.25) is 0 Å². The normalized spacial score (nSPS) is 15.9. The predicted molar refractivity (Wildman–Crippen MR) is 105 cm³/mol. The van der Waals surface area contributed by atoms with Crippen LogP contribution in [-0.2, 0) is 16.1 Å². The van der Waals surface area contributed by atoms with Crippen molar-refractivity contribution in [2.45, 2.75) is 26.8 Å². The van der Waals surface area contributed by atoms with Gasteiger partial charge in [-0.1, -0.05) is 23.9 Å². The van der Waals surface area contributed by atoms with Gasteiger partial charge >= 0.3 is 0 Å². The lowest BCUT2D eigenvalue weighted by atomic mass is 10.2. The zero-order valence-corrected chi connectivity index (χ0v) is 16.6. The van der Waals surface area contributed by atoms with Crippen molar-refractivity contribution in [1.29, 1.82) is 0 Å². The molecule has 3 rings (SSSR count). The number of amides is 1. The van der Waals surface area contributed by atoms with Crippen LogP contribution in [0.3, 0.4) is 0 Å². The average molecular weight is 390 g/mol. The molecule has 2 heterocycles. The van der Waals surface area contributed by atoms with Crippen LogP contribution < -0.4 is 0 Å². The summed E-state index contributed by atoms with van der Waals surface area (Å²) in [5, 5.41) is 5.28. The Kier molecular flexibility index (Phi) is 6.28. The van der Waals surface area contributed by atoms with Gasteiger partial charge in [-0.05, 0) is 38.0 Å². The number of ether oxygens (including phenoxy) is 1. The zero-order valence-electron chi connectivity index (χ0n) is 15.7. The van der Waals surface area contributed by atoms with Crippen molar-refractivity contribution in [1.82, 2.24) is 14.7 Å². The fourth-order valence-corrected chi connectivity index (χ4v) is 3.84. The van der Waals surface area contributed by atoms with Crippen molar-refractivity contribution >= 4 is 28.5 Å². The Morgan fingerprint density at radius 1 is 1.30 bits per heavy atom. The molecule has 144 valence electrons. The van der Waals surface area contributed by atoms with Crippen LogP contribution >= 0.6 is 11.8 Å². The molecule has 8 heteroatoms. The monoisotopic (exact) mass is 390 g/mol. The second-order valence-corrected chi connectivity index (χ2v) is 7.32. The maximum atomic E-state index is 13.1. The molecular formula is C19H23FN4O2S. The predicted octanol–water partition coefficient (Wildman–Crippen LogP) is 3.29. The van der Waals surface area contributed by atoms with E-state index < -0.39 is 0 Å².